The van der Waals surface area contributed by atoms with Crippen molar-refractivity contribution < 1.29 is 22.9 Å². The molecule has 1 saturated heterocycles. The van der Waals surface area contributed by atoms with Crippen LogP contribution in [0.15, 0.2) is 30.3 Å². The Labute approximate surface area is 174 Å². The fraction of sp³-hybridized carbons (Fsp3) is 0.619. The van der Waals surface area contributed by atoms with E-state index in [1.165, 1.54) is 0 Å². The van der Waals surface area contributed by atoms with Gasteiger partial charge in [-0.25, -0.2) is 8.42 Å². The topological polar surface area (TPSA) is 88.0 Å². The smallest absolute Gasteiger partial charge is 0.278 e. The van der Waals surface area contributed by atoms with Crippen molar-refractivity contribution >= 4 is 21.7 Å². The van der Waals surface area contributed by atoms with Crippen LogP contribution in [0.25, 0.3) is 0 Å². The van der Waals surface area contributed by atoms with Crippen molar-refractivity contribution in [1.29, 1.82) is 0 Å². The fourth-order valence-corrected chi connectivity index (χ4v) is 5.27. The Balaban J connectivity index is 2.10. The molecule has 1 aromatic rings. The Morgan fingerprint density at radius 2 is 1.83 bits per heavy atom. The first-order chi connectivity index (χ1) is 13.5. The number of amides is 2. The molecule has 2 rings (SSSR count). The standard InChI is InChI=1S/C21H33N3O4S/c1-5-23(14-19(25)22-21(2,3)4)15-20(26)24(13-17-9-7-6-8-10-17)18-11-12-29(27,28)16-18/h6-10,18H,5,11-16H2,1-4H3,(H,22,25)/p+1/t18-/m1/s1. The molecule has 1 aliphatic rings. The van der Waals surface area contributed by atoms with Crippen molar-refractivity contribution in [1.82, 2.24) is 10.2 Å². The van der Waals surface area contributed by atoms with Crippen molar-refractivity contribution in [3.8, 4) is 0 Å². The minimum absolute atomic E-state index is 0.0115. The molecular formula is C21H34N3O4S+. The monoisotopic (exact) mass is 424 g/mol. The first kappa shape index (κ1) is 23.3. The molecule has 0 saturated carbocycles. The molecule has 0 aliphatic carbocycles. The van der Waals surface area contributed by atoms with E-state index in [1.807, 2.05) is 58.0 Å². The molecule has 7 nitrogen and oxygen atoms in total. The second-order valence-corrected chi connectivity index (χ2v) is 11.0. The molecule has 0 radical (unpaired) electrons. The van der Waals surface area contributed by atoms with E-state index < -0.39 is 9.84 Å². The third-order valence-electron chi connectivity index (χ3n) is 4.99. The highest BCUT2D eigenvalue weighted by atomic mass is 32.2. The summed E-state index contributed by atoms with van der Waals surface area (Å²) >= 11 is 0. The zero-order chi connectivity index (χ0) is 21.7. The first-order valence-electron chi connectivity index (χ1n) is 10.2. The van der Waals surface area contributed by atoms with Crippen molar-refractivity contribution in [2.75, 3.05) is 31.1 Å². The van der Waals surface area contributed by atoms with Gasteiger partial charge in [0.05, 0.1) is 18.1 Å². The predicted octanol–water partition coefficient (Wildman–Crippen LogP) is 0.0218. The lowest BCUT2D eigenvalue weighted by Gasteiger charge is -2.30. The molecule has 2 atom stereocenters. The van der Waals surface area contributed by atoms with Gasteiger partial charge in [-0.2, -0.15) is 0 Å². The van der Waals surface area contributed by atoms with Gasteiger partial charge in [0.25, 0.3) is 11.8 Å². The summed E-state index contributed by atoms with van der Waals surface area (Å²) in [6, 6.07) is 9.28. The Hall–Kier alpha value is -1.93. The maximum atomic E-state index is 13.2. The highest BCUT2D eigenvalue weighted by Crippen LogP contribution is 2.20. The summed E-state index contributed by atoms with van der Waals surface area (Å²) in [6.07, 6.45) is 0.465. The number of carbonyl (C=O) groups excluding carboxylic acids is 2. The molecule has 1 aliphatic heterocycles. The lowest BCUT2D eigenvalue weighted by molar-refractivity contribution is -0.882. The zero-order valence-corrected chi connectivity index (χ0v) is 18.7. The number of benzene rings is 1. The van der Waals surface area contributed by atoms with Crippen molar-refractivity contribution in [3.05, 3.63) is 35.9 Å². The van der Waals surface area contributed by atoms with Gasteiger partial charge in [-0.15, -0.1) is 0 Å². The molecule has 1 unspecified atom stereocenters. The summed E-state index contributed by atoms with van der Waals surface area (Å²) in [5, 5.41) is 2.93. The van der Waals surface area contributed by atoms with E-state index >= 15 is 0 Å². The molecule has 1 fully saturated rings. The molecule has 1 heterocycles. The Morgan fingerprint density at radius 3 is 2.34 bits per heavy atom. The van der Waals surface area contributed by atoms with Crippen LogP contribution in [-0.4, -0.2) is 67.9 Å². The quantitative estimate of drug-likeness (QED) is 0.616. The number of rotatable bonds is 8. The third-order valence-corrected chi connectivity index (χ3v) is 6.74. The summed E-state index contributed by atoms with van der Waals surface area (Å²) in [6.45, 7) is 9.08. The van der Waals surface area contributed by atoms with E-state index in [0.29, 0.717) is 19.5 Å². The largest absolute Gasteiger partial charge is 0.347 e. The van der Waals surface area contributed by atoms with Crippen LogP contribution >= 0.6 is 0 Å². The van der Waals surface area contributed by atoms with Gasteiger partial charge in [-0.3, -0.25) is 9.59 Å². The van der Waals surface area contributed by atoms with E-state index in [0.717, 1.165) is 10.5 Å². The van der Waals surface area contributed by atoms with Gasteiger partial charge in [0, 0.05) is 18.1 Å². The van der Waals surface area contributed by atoms with Crippen LogP contribution in [-0.2, 0) is 26.0 Å². The van der Waals surface area contributed by atoms with Gasteiger partial charge in [-0.1, -0.05) is 30.3 Å². The van der Waals surface area contributed by atoms with Gasteiger partial charge in [0.2, 0.25) is 0 Å². The summed E-state index contributed by atoms with van der Waals surface area (Å²) in [4.78, 5) is 28.0. The first-order valence-corrected chi connectivity index (χ1v) is 12.0. The van der Waals surface area contributed by atoms with Crippen molar-refractivity contribution in [3.63, 3.8) is 0 Å². The molecular weight excluding hydrogens is 390 g/mol. The number of nitrogens with one attached hydrogen (secondary N) is 2. The maximum absolute atomic E-state index is 13.2. The molecule has 2 N–H and O–H groups in total. The molecule has 29 heavy (non-hydrogen) atoms. The molecule has 0 spiro atoms. The molecule has 1 aromatic carbocycles. The van der Waals surface area contributed by atoms with Crippen LogP contribution in [0.5, 0.6) is 0 Å². The molecule has 162 valence electrons. The number of sulfone groups is 1. The average Bonchev–Trinajstić information content (AvgIpc) is 2.97. The van der Waals surface area contributed by atoms with Crippen LogP contribution in [0.4, 0.5) is 0 Å². The molecule has 0 bridgehead atoms. The van der Waals surface area contributed by atoms with E-state index in [-0.39, 0.29) is 48.0 Å². The fourth-order valence-electron chi connectivity index (χ4n) is 3.54. The zero-order valence-electron chi connectivity index (χ0n) is 17.9. The molecule has 2 amide bonds. The third kappa shape index (κ3) is 7.78. The van der Waals surface area contributed by atoms with E-state index in [4.69, 9.17) is 0 Å². The number of hydrogen-bond acceptors (Lipinski definition) is 4. The van der Waals surface area contributed by atoms with Gasteiger partial charge >= 0.3 is 0 Å². The Kier molecular flexibility index (Phi) is 7.82. The van der Waals surface area contributed by atoms with E-state index in [9.17, 15) is 18.0 Å². The maximum Gasteiger partial charge on any atom is 0.278 e. The van der Waals surface area contributed by atoms with Crippen LogP contribution in [0, 0.1) is 0 Å². The number of hydrogen-bond donors (Lipinski definition) is 2. The van der Waals surface area contributed by atoms with Crippen molar-refractivity contribution in [2.45, 2.75) is 52.2 Å². The van der Waals surface area contributed by atoms with Crippen LogP contribution in [0.3, 0.4) is 0 Å². The summed E-state index contributed by atoms with van der Waals surface area (Å²) in [7, 11) is -3.10. The van der Waals surface area contributed by atoms with Gasteiger partial charge in [0.15, 0.2) is 22.9 Å². The summed E-state index contributed by atoms with van der Waals surface area (Å²) < 4.78 is 24.0. The lowest BCUT2D eigenvalue weighted by Crippen LogP contribution is -3.14. The predicted molar refractivity (Wildman–Crippen MR) is 113 cm³/mol. The second kappa shape index (κ2) is 9.71. The number of carbonyl (C=O) groups is 2. The van der Waals surface area contributed by atoms with Crippen molar-refractivity contribution in [2.24, 2.45) is 0 Å². The minimum atomic E-state index is -3.10. The molecule has 0 aromatic heterocycles. The van der Waals surface area contributed by atoms with Crippen LogP contribution in [0.1, 0.15) is 39.7 Å². The average molecular weight is 425 g/mol. The number of likely N-dealkylation sites (N-methyl/N-ethyl adjacent to an activating group) is 1. The Bertz CT molecular complexity index is 803. The highest BCUT2D eigenvalue weighted by Gasteiger charge is 2.36. The summed E-state index contributed by atoms with van der Waals surface area (Å²) in [5.41, 5.74) is 0.644. The second-order valence-electron chi connectivity index (χ2n) is 8.82. The molecule has 8 heteroatoms. The normalized spacial score (nSPS) is 19.5. The SMILES string of the molecule is CC[NH+](CC(=O)NC(C)(C)C)CC(=O)N(Cc1ccccc1)[C@@H]1CCS(=O)(=O)C1. The minimum Gasteiger partial charge on any atom is -0.347 e. The number of quaternary nitrogens is 1. The highest BCUT2D eigenvalue weighted by molar-refractivity contribution is 7.91. The van der Waals surface area contributed by atoms with Gasteiger partial charge in [0.1, 0.15) is 0 Å². The summed E-state index contributed by atoms with van der Waals surface area (Å²) in [5.74, 6) is -0.0804. The van der Waals surface area contributed by atoms with Gasteiger partial charge < -0.3 is 15.1 Å². The van der Waals surface area contributed by atoms with E-state index in [2.05, 4.69) is 5.32 Å². The van der Waals surface area contributed by atoms with Crippen LogP contribution < -0.4 is 10.2 Å². The lowest BCUT2D eigenvalue weighted by atomic mass is 10.1. The number of nitrogens with zero attached hydrogens (tertiary/aromatic N) is 1. The van der Waals surface area contributed by atoms with E-state index in [1.54, 1.807) is 4.90 Å². The van der Waals surface area contributed by atoms with Gasteiger partial charge in [-0.05, 0) is 39.7 Å². The Morgan fingerprint density at radius 1 is 1.17 bits per heavy atom. The van der Waals surface area contributed by atoms with Crippen LogP contribution in [0.2, 0.25) is 0 Å².